The van der Waals surface area contributed by atoms with E-state index in [2.05, 4.69) is 5.32 Å². The van der Waals surface area contributed by atoms with Crippen LogP contribution in [0.25, 0.3) is 0 Å². The van der Waals surface area contributed by atoms with Crippen LogP contribution in [0.2, 0.25) is 0 Å². The summed E-state index contributed by atoms with van der Waals surface area (Å²) in [7, 11) is 0. The fourth-order valence-electron chi connectivity index (χ4n) is 6.38. The second-order valence-electron chi connectivity index (χ2n) is 10.4. The smallest absolute Gasteiger partial charge is 0.254 e. The van der Waals surface area contributed by atoms with Crippen molar-refractivity contribution in [3.8, 4) is 0 Å². The SMILES string of the molecule is N[C@@H]1NC(c2ccccc2)(c2ccccc2)C(=O)N1C1CC12CCCN(C(=O)Cc1ccccc1)C2. The molecule has 1 spiro atoms. The van der Waals surface area contributed by atoms with Gasteiger partial charge in [-0.1, -0.05) is 91.0 Å². The second-order valence-corrected chi connectivity index (χ2v) is 10.4. The lowest BCUT2D eigenvalue weighted by Gasteiger charge is -2.36. The van der Waals surface area contributed by atoms with Gasteiger partial charge in [-0.05, 0) is 36.0 Å². The molecule has 2 unspecified atom stereocenters. The standard InChI is InChI=1S/C30H32N4O2/c31-28-32-30(23-13-6-2-7-14-23,24-15-8-3-9-16-24)27(36)34(28)25-20-29(25)17-10-18-33(21-29)26(35)19-22-11-4-1-5-12-22/h1-9,11-16,25,28,32H,10,17-21,31H2/t25?,28-,29?/m1/s1. The summed E-state index contributed by atoms with van der Waals surface area (Å²) in [5.41, 5.74) is 8.36. The second kappa shape index (κ2) is 8.87. The molecule has 3 aromatic carbocycles. The van der Waals surface area contributed by atoms with E-state index in [1.165, 1.54) is 0 Å². The van der Waals surface area contributed by atoms with Crippen molar-refractivity contribution in [3.63, 3.8) is 0 Å². The molecule has 0 aromatic heterocycles. The van der Waals surface area contributed by atoms with E-state index in [0.29, 0.717) is 13.0 Å². The van der Waals surface area contributed by atoms with Gasteiger partial charge in [0, 0.05) is 24.5 Å². The summed E-state index contributed by atoms with van der Waals surface area (Å²) in [6, 6.07) is 29.6. The van der Waals surface area contributed by atoms with Crippen molar-refractivity contribution < 1.29 is 9.59 Å². The van der Waals surface area contributed by atoms with Gasteiger partial charge in [0.1, 0.15) is 6.29 Å². The third kappa shape index (κ3) is 3.72. The highest BCUT2D eigenvalue weighted by Gasteiger charge is 2.65. The molecule has 3 N–H and O–H groups in total. The fraction of sp³-hybridized carbons (Fsp3) is 0.333. The number of nitrogens with two attached hydrogens (primary N) is 1. The Kier molecular flexibility index (Phi) is 5.66. The Morgan fingerprint density at radius 1 is 0.917 bits per heavy atom. The van der Waals surface area contributed by atoms with Gasteiger partial charge in [-0.3, -0.25) is 20.6 Å². The molecule has 3 fully saturated rings. The molecule has 2 amide bonds. The minimum absolute atomic E-state index is 0.0120. The molecular formula is C30H32N4O2. The van der Waals surface area contributed by atoms with Crippen LogP contribution in [0.15, 0.2) is 91.0 Å². The zero-order valence-electron chi connectivity index (χ0n) is 20.3. The zero-order valence-corrected chi connectivity index (χ0v) is 20.3. The lowest BCUT2D eigenvalue weighted by molar-refractivity contribution is -0.134. The van der Waals surface area contributed by atoms with E-state index in [4.69, 9.17) is 5.73 Å². The highest BCUT2D eigenvalue weighted by molar-refractivity contribution is 5.94. The molecule has 3 aromatic rings. The molecule has 0 bridgehead atoms. The Morgan fingerprint density at radius 3 is 2.11 bits per heavy atom. The van der Waals surface area contributed by atoms with Crippen molar-refractivity contribution >= 4 is 11.8 Å². The van der Waals surface area contributed by atoms with Crippen LogP contribution in [-0.2, 0) is 21.5 Å². The lowest BCUT2D eigenvalue weighted by atomic mass is 9.82. The van der Waals surface area contributed by atoms with Crippen LogP contribution < -0.4 is 11.1 Å². The number of benzene rings is 3. The predicted molar refractivity (Wildman–Crippen MR) is 138 cm³/mol. The highest BCUT2D eigenvalue weighted by Crippen LogP contribution is 2.57. The molecule has 0 radical (unpaired) electrons. The number of hydrogen-bond acceptors (Lipinski definition) is 4. The molecule has 1 aliphatic carbocycles. The van der Waals surface area contributed by atoms with Gasteiger partial charge in [0.2, 0.25) is 5.91 Å². The van der Waals surface area contributed by atoms with E-state index in [0.717, 1.165) is 42.5 Å². The number of rotatable bonds is 5. The number of amides is 2. The first-order chi connectivity index (χ1) is 17.5. The van der Waals surface area contributed by atoms with E-state index >= 15 is 0 Å². The van der Waals surface area contributed by atoms with Crippen LogP contribution >= 0.6 is 0 Å². The van der Waals surface area contributed by atoms with Crippen LogP contribution in [0.3, 0.4) is 0 Å². The summed E-state index contributed by atoms with van der Waals surface area (Å²) in [5.74, 6) is 0.144. The molecule has 1 saturated carbocycles. The van der Waals surface area contributed by atoms with Gasteiger partial charge in [-0.15, -0.1) is 0 Å². The first-order valence-corrected chi connectivity index (χ1v) is 12.8. The Balaban J connectivity index is 1.26. The molecule has 2 heterocycles. The number of nitrogens with one attached hydrogen (secondary N) is 1. The van der Waals surface area contributed by atoms with Gasteiger partial charge in [0.15, 0.2) is 5.54 Å². The fourth-order valence-corrected chi connectivity index (χ4v) is 6.38. The number of hydrogen-bond donors (Lipinski definition) is 2. The van der Waals surface area contributed by atoms with E-state index < -0.39 is 11.8 Å². The minimum atomic E-state index is -1.02. The Hall–Kier alpha value is -3.48. The number of carbonyl (C=O) groups is 2. The first kappa shape index (κ1) is 23.0. The van der Waals surface area contributed by atoms with E-state index in [1.807, 2.05) is 101 Å². The van der Waals surface area contributed by atoms with Gasteiger partial charge >= 0.3 is 0 Å². The molecule has 3 atom stereocenters. The van der Waals surface area contributed by atoms with Crippen LogP contribution in [0.4, 0.5) is 0 Å². The molecule has 3 aliphatic rings. The molecule has 36 heavy (non-hydrogen) atoms. The van der Waals surface area contributed by atoms with Crippen molar-refractivity contribution in [2.75, 3.05) is 13.1 Å². The summed E-state index contributed by atoms with van der Waals surface area (Å²) in [5, 5.41) is 3.48. The zero-order chi connectivity index (χ0) is 24.8. The summed E-state index contributed by atoms with van der Waals surface area (Å²) in [6.45, 7) is 1.46. The van der Waals surface area contributed by atoms with Gasteiger partial charge < -0.3 is 9.80 Å². The van der Waals surface area contributed by atoms with E-state index in [1.54, 1.807) is 0 Å². The molecular weight excluding hydrogens is 448 g/mol. The minimum Gasteiger partial charge on any atom is -0.342 e. The van der Waals surface area contributed by atoms with E-state index in [9.17, 15) is 9.59 Å². The maximum Gasteiger partial charge on any atom is 0.254 e. The van der Waals surface area contributed by atoms with E-state index in [-0.39, 0.29) is 23.3 Å². The Labute approximate surface area is 212 Å². The van der Waals surface area contributed by atoms with Gasteiger partial charge in [-0.25, -0.2) is 0 Å². The monoisotopic (exact) mass is 480 g/mol. The largest absolute Gasteiger partial charge is 0.342 e. The Morgan fingerprint density at radius 2 is 1.50 bits per heavy atom. The molecule has 6 nitrogen and oxygen atoms in total. The normalized spacial score (nSPS) is 26.9. The first-order valence-electron chi connectivity index (χ1n) is 12.8. The third-order valence-electron chi connectivity index (χ3n) is 8.27. The number of piperidine rings is 1. The molecule has 2 saturated heterocycles. The molecule has 184 valence electrons. The highest BCUT2D eigenvalue weighted by atomic mass is 16.2. The number of likely N-dealkylation sites (tertiary alicyclic amines) is 1. The van der Waals surface area contributed by atoms with Crippen molar-refractivity contribution in [2.45, 2.75) is 43.6 Å². The summed E-state index contributed by atoms with van der Waals surface area (Å²) >= 11 is 0. The van der Waals surface area contributed by atoms with Gasteiger partial charge in [0.25, 0.3) is 5.91 Å². The molecule has 2 aliphatic heterocycles. The van der Waals surface area contributed by atoms with Crippen molar-refractivity contribution in [1.82, 2.24) is 15.1 Å². The maximum absolute atomic E-state index is 14.3. The number of nitrogens with zero attached hydrogens (tertiary/aromatic N) is 2. The van der Waals surface area contributed by atoms with Crippen LogP contribution in [-0.4, -0.2) is 47.0 Å². The quantitative estimate of drug-likeness (QED) is 0.588. The summed E-state index contributed by atoms with van der Waals surface area (Å²) in [4.78, 5) is 31.3. The summed E-state index contributed by atoms with van der Waals surface area (Å²) in [6.07, 6.45) is 2.65. The van der Waals surface area contributed by atoms with Gasteiger partial charge in [0.05, 0.1) is 6.42 Å². The van der Waals surface area contributed by atoms with Crippen molar-refractivity contribution in [2.24, 2.45) is 11.1 Å². The number of carbonyl (C=O) groups excluding carboxylic acids is 2. The van der Waals surface area contributed by atoms with Crippen LogP contribution in [0.5, 0.6) is 0 Å². The van der Waals surface area contributed by atoms with Crippen LogP contribution in [0.1, 0.15) is 36.0 Å². The molecule has 6 heteroatoms. The molecule has 6 rings (SSSR count). The van der Waals surface area contributed by atoms with Crippen LogP contribution in [0, 0.1) is 5.41 Å². The third-order valence-corrected chi connectivity index (χ3v) is 8.27. The summed E-state index contributed by atoms with van der Waals surface area (Å²) < 4.78 is 0. The predicted octanol–water partition coefficient (Wildman–Crippen LogP) is 3.23. The topological polar surface area (TPSA) is 78.7 Å². The average Bonchev–Trinajstić information content (AvgIpc) is 3.51. The van der Waals surface area contributed by atoms with Crippen molar-refractivity contribution in [1.29, 1.82) is 0 Å². The average molecular weight is 481 g/mol. The van der Waals surface area contributed by atoms with Crippen molar-refractivity contribution in [3.05, 3.63) is 108 Å². The maximum atomic E-state index is 14.3. The lowest BCUT2D eigenvalue weighted by Crippen LogP contribution is -2.50. The Bertz CT molecular complexity index is 1210. The van der Waals surface area contributed by atoms with Gasteiger partial charge in [-0.2, -0.15) is 0 Å².